The number of hydrogen-bond acceptors (Lipinski definition) is 5. The van der Waals surface area contributed by atoms with Crippen molar-refractivity contribution in [2.75, 3.05) is 13.7 Å². The quantitative estimate of drug-likeness (QED) is 0.798. The lowest BCUT2D eigenvalue weighted by Crippen LogP contribution is -2.44. The number of aliphatic hydroxyl groups is 1. The molecule has 2 aliphatic rings. The number of rotatable bonds is 2. The number of nitrogens with two attached hydrogens (primary N) is 1. The van der Waals surface area contributed by atoms with Gasteiger partial charge in [0, 0.05) is 25.4 Å². The first kappa shape index (κ1) is 16.7. The van der Waals surface area contributed by atoms with E-state index >= 15 is 0 Å². The van der Waals surface area contributed by atoms with Gasteiger partial charge in [0.2, 0.25) is 5.95 Å². The van der Waals surface area contributed by atoms with E-state index in [1.54, 1.807) is 25.2 Å². The maximum Gasteiger partial charge on any atom is 0.261 e. The zero-order valence-electron chi connectivity index (χ0n) is 14.3. The predicted molar refractivity (Wildman–Crippen MR) is 94.6 cm³/mol. The molecule has 6 nitrogen and oxygen atoms in total. The minimum absolute atomic E-state index is 0.0351. The third kappa shape index (κ3) is 2.31. The molecule has 2 heterocycles. The Morgan fingerprint density at radius 3 is 2.88 bits per heavy atom. The van der Waals surface area contributed by atoms with E-state index in [0.29, 0.717) is 24.0 Å². The van der Waals surface area contributed by atoms with Gasteiger partial charge in [0.15, 0.2) is 11.5 Å². The van der Waals surface area contributed by atoms with Crippen molar-refractivity contribution in [2.24, 2.45) is 16.6 Å². The SMILES string of the molecule is CN1C(=O)C2(C[C@@H](CO)Cc3ccc(-c4cccnc4F)cc32)N=C1N. The van der Waals surface area contributed by atoms with Crippen molar-refractivity contribution >= 4 is 11.9 Å². The molecular weight excluding hydrogens is 335 g/mol. The van der Waals surface area contributed by atoms with Crippen LogP contribution in [-0.2, 0) is 16.8 Å². The fourth-order valence-corrected chi connectivity index (χ4v) is 3.96. The molecule has 0 bridgehead atoms. The number of aliphatic hydroxyl groups excluding tert-OH is 1. The Kier molecular flexibility index (Phi) is 3.77. The number of carbonyl (C=O) groups excluding carboxylic acids is 1. The second-order valence-corrected chi connectivity index (χ2v) is 6.86. The van der Waals surface area contributed by atoms with Crippen molar-refractivity contribution in [3.63, 3.8) is 0 Å². The molecule has 1 aromatic heterocycles. The molecular formula is C19H19FN4O2. The lowest BCUT2D eigenvalue weighted by Gasteiger charge is -2.36. The normalized spacial score (nSPS) is 24.7. The van der Waals surface area contributed by atoms with Gasteiger partial charge in [-0.25, -0.2) is 9.98 Å². The highest BCUT2D eigenvalue weighted by Crippen LogP contribution is 2.46. The van der Waals surface area contributed by atoms with E-state index in [-0.39, 0.29) is 24.4 Å². The van der Waals surface area contributed by atoms with Crippen molar-refractivity contribution in [2.45, 2.75) is 18.4 Å². The van der Waals surface area contributed by atoms with Gasteiger partial charge in [0.1, 0.15) is 0 Å². The van der Waals surface area contributed by atoms with Gasteiger partial charge in [0.25, 0.3) is 5.91 Å². The average Bonchev–Trinajstić information content (AvgIpc) is 2.86. The van der Waals surface area contributed by atoms with Gasteiger partial charge in [-0.3, -0.25) is 9.69 Å². The molecule has 134 valence electrons. The van der Waals surface area contributed by atoms with Crippen LogP contribution >= 0.6 is 0 Å². The fraction of sp³-hybridized carbons (Fsp3) is 0.316. The maximum atomic E-state index is 14.1. The third-order valence-corrected chi connectivity index (χ3v) is 5.28. The summed E-state index contributed by atoms with van der Waals surface area (Å²) in [6.45, 7) is -0.0351. The highest BCUT2D eigenvalue weighted by molar-refractivity contribution is 6.07. The van der Waals surface area contributed by atoms with E-state index in [4.69, 9.17) is 5.73 Å². The Bertz CT molecular complexity index is 930. The molecule has 1 unspecified atom stereocenters. The third-order valence-electron chi connectivity index (χ3n) is 5.28. The molecule has 1 amide bonds. The second-order valence-electron chi connectivity index (χ2n) is 6.86. The van der Waals surface area contributed by atoms with Gasteiger partial charge in [-0.1, -0.05) is 12.1 Å². The molecule has 1 aromatic carbocycles. The molecule has 0 saturated heterocycles. The zero-order chi connectivity index (χ0) is 18.5. The summed E-state index contributed by atoms with van der Waals surface area (Å²) in [6, 6.07) is 8.80. The Morgan fingerprint density at radius 2 is 2.23 bits per heavy atom. The van der Waals surface area contributed by atoms with Crippen molar-refractivity contribution in [3.05, 3.63) is 53.6 Å². The molecule has 0 radical (unpaired) electrons. The summed E-state index contributed by atoms with van der Waals surface area (Å²) in [5, 5.41) is 9.68. The number of likely N-dealkylation sites (N-methyl/N-ethyl adjacent to an activating group) is 1. The summed E-state index contributed by atoms with van der Waals surface area (Å²) in [5.41, 5.74) is 7.40. The molecule has 2 aromatic rings. The number of aromatic nitrogens is 1. The summed E-state index contributed by atoms with van der Waals surface area (Å²) >= 11 is 0. The molecule has 1 spiro atoms. The van der Waals surface area contributed by atoms with Crippen LogP contribution < -0.4 is 5.73 Å². The van der Waals surface area contributed by atoms with Crippen LogP contribution in [0.5, 0.6) is 0 Å². The van der Waals surface area contributed by atoms with Crippen molar-refractivity contribution < 1.29 is 14.3 Å². The van der Waals surface area contributed by atoms with Crippen LogP contribution in [0.15, 0.2) is 41.5 Å². The lowest BCUT2D eigenvalue weighted by atomic mass is 9.71. The summed E-state index contributed by atoms with van der Waals surface area (Å²) in [7, 11) is 1.59. The van der Waals surface area contributed by atoms with Gasteiger partial charge < -0.3 is 10.8 Å². The van der Waals surface area contributed by atoms with Crippen molar-refractivity contribution in [1.29, 1.82) is 0 Å². The van der Waals surface area contributed by atoms with Crippen molar-refractivity contribution in [1.82, 2.24) is 9.88 Å². The summed E-state index contributed by atoms with van der Waals surface area (Å²) < 4.78 is 14.1. The van der Waals surface area contributed by atoms with E-state index < -0.39 is 11.5 Å². The largest absolute Gasteiger partial charge is 0.396 e. The molecule has 7 heteroatoms. The summed E-state index contributed by atoms with van der Waals surface area (Å²) in [6.07, 6.45) is 2.40. The predicted octanol–water partition coefficient (Wildman–Crippen LogP) is 1.42. The number of amides is 1. The Labute approximate surface area is 150 Å². The first-order chi connectivity index (χ1) is 12.5. The number of benzene rings is 1. The van der Waals surface area contributed by atoms with Gasteiger partial charge >= 0.3 is 0 Å². The van der Waals surface area contributed by atoms with Crippen LogP contribution in [0.25, 0.3) is 11.1 Å². The number of pyridine rings is 1. The highest BCUT2D eigenvalue weighted by Gasteiger charge is 2.52. The van der Waals surface area contributed by atoms with Crippen LogP contribution in [0.4, 0.5) is 4.39 Å². The van der Waals surface area contributed by atoms with Gasteiger partial charge in [-0.2, -0.15) is 4.39 Å². The van der Waals surface area contributed by atoms with E-state index in [1.165, 1.54) is 11.1 Å². The number of guanidine groups is 1. The van der Waals surface area contributed by atoms with Gasteiger partial charge in [-0.05, 0) is 53.6 Å². The topological polar surface area (TPSA) is 91.8 Å². The van der Waals surface area contributed by atoms with Crippen LogP contribution in [-0.4, -0.2) is 40.5 Å². The molecule has 2 atom stereocenters. The Balaban J connectivity index is 1.92. The van der Waals surface area contributed by atoms with Crippen LogP contribution in [0.3, 0.4) is 0 Å². The minimum Gasteiger partial charge on any atom is -0.396 e. The van der Waals surface area contributed by atoms with Gasteiger partial charge in [0.05, 0.1) is 0 Å². The number of halogens is 1. The molecule has 0 saturated carbocycles. The molecule has 4 rings (SSSR count). The first-order valence-corrected chi connectivity index (χ1v) is 8.45. The molecule has 26 heavy (non-hydrogen) atoms. The monoisotopic (exact) mass is 354 g/mol. The average molecular weight is 354 g/mol. The number of fused-ring (bicyclic) bond motifs is 2. The smallest absolute Gasteiger partial charge is 0.261 e. The first-order valence-electron chi connectivity index (χ1n) is 8.45. The highest BCUT2D eigenvalue weighted by atomic mass is 19.1. The Hall–Kier alpha value is -2.80. The fourth-order valence-electron chi connectivity index (χ4n) is 3.96. The number of carbonyl (C=O) groups is 1. The van der Waals surface area contributed by atoms with E-state index in [1.807, 2.05) is 12.1 Å². The van der Waals surface area contributed by atoms with Crippen molar-refractivity contribution in [3.8, 4) is 11.1 Å². The van der Waals surface area contributed by atoms with E-state index in [2.05, 4.69) is 9.98 Å². The van der Waals surface area contributed by atoms with Crippen LogP contribution in [0.1, 0.15) is 17.5 Å². The molecule has 1 aliphatic heterocycles. The molecule has 0 fully saturated rings. The maximum absolute atomic E-state index is 14.1. The number of nitrogens with zero attached hydrogens (tertiary/aromatic N) is 3. The number of hydrogen-bond donors (Lipinski definition) is 2. The standard InChI is InChI=1S/C19H19FN4O2/c1-24-17(26)19(23-18(24)21)9-11(10-25)7-13-5-4-12(8-15(13)19)14-3-2-6-22-16(14)20/h2-6,8,11,25H,7,9-10H2,1H3,(H2,21,23)/t11-,19?/m0/s1. The second kappa shape index (κ2) is 5.88. The van der Waals surface area contributed by atoms with E-state index in [9.17, 15) is 14.3 Å². The molecule has 1 aliphatic carbocycles. The Morgan fingerprint density at radius 1 is 1.42 bits per heavy atom. The van der Waals surface area contributed by atoms with Crippen LogP contribution in [0, 0.1) is 11.9 Å². The van der Waals surface area contributed by atoms with Gasteiger partial charge in [-0.15, -0.1) is 0 Å². The summed E-state index contributed by atoms with van der Waals surface area (Å²) in [4.78, 5) is 22.5. The molecule has 3 N–H and O–H groups in total. The zero-order valence-corrected chi connectivity index (χ0v) is 14.3. The van der Waals surface area contributed by atoms with E-state index in [0.717, 1.165) is 11.1 Å². The lowest BCUT2D eigenvalue weighted by molar-refractivity contribution is -0.131. The van der Waals surface area contributed by atoms with Crippen LogP contribution in [0.2, 0.25) is 0 Å². The summed E-state index contributed by atoms with van der Waals surface area (Å²) in [5.74, 6) is -0.727. The number of aliphatic imine (C=N–C) groups is 1. The minimum atomic E-state index is -1.16.